The fourth-order valence-electron chi connectivity index (χ4n) is 1.20. The maximum absolute atomic E-state index is 11.4. The van der Waals surface area contributed by atoms with Crippen molar-refractivity contribution in [1.29, 1.82) is 0 Å². The number of hydrogen-bond acceptors (Lipinski definition) is 3. The van der Waals surface area contributed by atoms with Gasteiger partial charge in [-0.25, -0.2) is 0 Å². The van der Waals surface area contributed by atoms with Crippen molar-refractivity contribution in [3.8, 4) is 0 Å². The summed E-state index contributed by atoms with van der Waals surface area (Å²) in [5, 5.41) is 3.27. The molecule has 2 amide bonds. The van der Waals surface area contributed by atoms with Gasteiger partial charge in [0.05, 0.1) is 12.1 Å². The van der Waals surface area contributed by atoms with Gasteiger partial charge in [-0.1, -0.05) is 11.6 Å². The Hall–Kier alpha value is -1.75. The average molecular weight is 256 g/mol. The van der Waals surface area contributed by atoms with Gasteiger partial charge < -0.3 is 16.0 Å². The predicted molar refractivity (Wildman–Crippen MR) is 67.2 cm³/mol. The van der Waals surface area contributed by atoms with Gasteiger partial charge in [-0.2, -0.15) is 0 Å². The standard InChI is InChI=1S/C11H14ClN3O2/c1-15(2)10(16)6-14-9-4-3-7(12)5-8(9)11(13)17/h3-5,14H,6H2,1-2H3,(H2,13,17). The number of nitrogens with one attached hydrogen (secondary N) is 1. The molecular weight excluding hydrogens is 242 g/mol. The first-order chi connectivity index (χ1) is 7.91. The third-order valence-corrected chi connectivity index (χ3v) is 2.41. The summed E-state index contributed by atoms with van der Waals surface area (Å²) in [4.78, 5) is 24.0. The van der Waals surface area contributed by atoms with Gasteiger partial charge in [-0.05, 0) is 18.2 Å². The molecule has 0 aromatic heterocycles. The summed E-state index contributed by atoms with van der Waals surface area (Å²) in [5.41, 5.74) is 5.98. The van der Waals surface area contributed by atoms with Crippen LogP contribution in [0.25, 0.3) is 0 Å². The van der Waals surface area contributed by atoms with Crippen LogP contribution >= 0.6 is 11.6 Å². The van der Waals surface area contributed by atoms with Gasteiger partial charge in [0.15, 0.2) is 0 Å². The number of primary amides is 1. The van der Waals surface area contributed by atoms with E-state index in [-0.39, 0.29) is 18.0 Å². The highest BCUT2D eigenvalue weighted by Gasteiger charge is 2.10. The molecule has 0 aliphatic carbocycles. The summed E-state index contributed by atoms with van der Waals surface area (Å²) in [6.45, 7) is 0.0922. The zero-order valence-electron chi connectivity index (χ0n) is 9.66. The highest BCUT2D eigenvalue weighted by Crippen LogP contribution is 2.20. The number of anilines is 1. The molecule has 3 N–H and O–H groups in total. The quantitative estimate of drug-likeness (QED) is 0.841. The Kier molecular flexibility index (Phi) is 4.34. The minimum absolute atomic E-state index is 0.0922. The lowest BCUT2D eigenvalue weighted by atomic mass is 10.1. The molecule has 0 spiro atoms. The fraction of sp³-hybridized carbons (Fsp3) is 0.273. The monoisotopic (exact) mass is 255 g/mol. The lowest BCUT2D eigenvalue weighted by Gasteiger charge is -2.13. The molecule has 0 radical (unpaired) electrons. The Bertz CT molecular complexity index is 446. The number of rotatable bonds is 4. The topological polar surface area (TPSA) is 75.4 Å². The minimum Gasteiger partial charge on any atom is -0.376 e. The van der Waals surface area contributed by atoms with Crippen molar-refractivity contribution in [3.63, 3.8) is 0 Å². The molecule has 0 heterocycles. The highest BCUT2D eigenvalue weighted by molar-refractivity contribution is 6.31. The molecule has 0 bridgehead atoms. The van der Waals surface area contributed by atoms with Crippen LogP contribution in [-0.4, -0.2) is 37.4 Å². The van der Waals surface area contributed by atoms with E-state index >= 15 is 0 Å². The Morgan fingerprint density at radius 2 is 2.06 bits per heavy atom. The molecule has 0 fully saturated rings. The van der Waals surface area contributed by atoms with Gasteiger partial charge in [0.1, 0.15) is 0 Å². The van der Waals surface area contributed by atoms with Crippen molar-refractivity contribution in [2.24, 2.45) is 5.73 Å². The SMILES string of the molecule is CN(C)C(=O)CNc1ccc(Cl)cc1C(N)=O. The van der Waals surface area contributed by atoms with Crippen molar-refractivity contribution < 1.29 is 9.59 Å². The van der Waals surface area contributed by atoms with Gasteiger partial charge in [0, 0.05) is 24.8 Å². The molecule has 1 rings (SSSR count). The summed E-state index contributed by atoms with van der Waals surface area (Å²) in [6.07, 6.45) is 0. The van der Waals surface area contributed by atoms with E-state index in [1.54, 1.807) is 26.2 Å². The van der Waals surface area contributed by atoms with Crippen LogP contribution in [0.1, 0.15) is 10.4 Å². The highest BCUT2D eigenvalue weighted by atomic mass is 35.5. The van der Waals surface area contributed by atoms with Crippen LogP contribution in [0.2, 0.25) is 5.02 Å². The summed E-state index contributed by atoms with van der Waals surface area (Å²) in [7, 11) is 3.31. The van der Waals surface area contributed by atoms with Crippen LogP contribution in [-0.2, 0) is 4.79 Å². The van der Waals surface area contributed by atoms with Gasteiger partial charge in [0.25, 0.3) is 5.91 Å². The molecule has 0 saturated heterocycles. The molecule has 1 aromatic rings. The minimum atomic E-state index is -0.590. The molecule has 5 nitrogen and oxygen atoms in total. The third-order valence-electron chi connectivity index (χ3n) is 2.18. The first kappa shape index (κ1) is 13.3. The number of amides is 2. The zero-order valence-corrected chi connectivity index (χ0v) is 10.4. The molecule has 0 unspecified atom stereocenters. The molecule has 0 aliphatic rings. The largest absolute Gasteiger partial charge is 0.376 e. The number of nitrogens with two attached hydrogens (primary N) is 1. The van der Waals surface area contributed by atoms with E-state index in [0.29, 0.717) is 10.7 Å². The van der Waals surface area contributed by atoms with E-state index in [9.17, 15) is 9.59 Å². The normalized spacial score (nSPS) is 9.82. The van der Waals surface area contributed by atoms with E-state index in [1.165, 1.54) is 11.0 Å². The second kappa shape index (κ2) is 5.54. The van der Waals surface area contributed by atoms with Crippen LogP contribution < -0.4 is 11.1 Å². The number of benzene rings is 1. The number of carbonyl (C=O) groups excluding carboxylic acids is 2. The molecule has 6 heteroatoms. The Labute approximate surface area is 105 Å². The van der Waals surface area contributed by atoms with Crippen molar-refractivity contribution >= 4 is 29.1 Å². The smallest absolute Gasteiger partial charge is 0.250 e. The Balaban J connectivity index is 2.84. The van der Waals surface area contributed by atoms with Crippen molar-refractivity contribution in [2.75, 3.05) is 26.0 Å². The van der Waals surface area contributed by atoms with E-state index in [1.807, 2.05) is 0 Å². The van der Waals surface area contributed by atoms with Crippen LogP contribution in [0.15, 0.2) is 18.2 Å². The van der Waals surface area contributed by atoms with Crippen LogP contribution in [0.4, 0.5) is 5.69 Å². The summed E-state index contributed by atoms with van der Waals surface area (Å²) >= 11 is 5.76. The number of carbonyl (C=O) groups is 2. The fourth-order valence-corrected chi connectivity index (χ4v) is 1.38. The molecule has 0 atom stereocenters. The average Bonchev–Trinajstić information content (AvgIpc) is 2.26. The van der Waals surface area contributed by atoms with E-state index in [4.69, 9.17) is 17.3 Å². The summed E-state index contributed by atoms with van der Waals surface area (Å²) < 4.78 is 0. The van der Waals surface area contributed by atoms with Crippen molar-refractivity contribution in [2.45, 2.75) is 0 Å². The second-order valence-electron chi connectivity index (χ2n) is 3.70. The second-order valence-corrected chi connectivity index (χ2v) is 4.13. The van der Waals surface area contributed by atoms with Gasteiger partial charge in [-0.3, -0.25) is 9.59 Å². The molecule has 0 saturated carbocycles. The van der Waals surface area contributed by atoms with Crippen LogP contribution in [0, 0.1) is 0 Å². The number of hydrogen-bond donors (Lipinski definition) is 2. The third kappa shape index (κ3) is 3.64. The molecule has 92 valence electrons. The molecular formula is C11H14ClN3O2. The number of nitrogens with zero attached hydrogens (tertiary/aromatic N) is 1. The Morgan fingerprint density at radius 3 is 2.59 bits per heavy atom. The summed E-state index contributed by atoms with van der Waals surface area (Å²) in [5.74, 6) is -0.692. The first-order valence-corrected chi connectivity index (χ1v) is 5.33. The van der Waals surface area contributed by atoms with E-state index in [2.05, 4.69) is 5.32 Å². The van der Waals surface area contributed by atoms with Gasteiger partial charge in [-0.15, -0.1) is 0 Å². The number of likely N-dealkylation sites (N-methyl/N-ethyl adjacent to an activating group) is 1. The van der Waals surface area contributed by atoms with Crippen molar-refractivity contribution in [3.05, 3.63) is 28.8 Å². The van der Waals surface area contributed by atoms with Crippen LogP contribution in [0.5, 0.6) is 0 Å². The summed E-state index contributed by atoms with van der Waals surface area (Å²) in [6, 6.07) is 4.70. The van der Waals surface area contributed by atoms with E-state index < -0.39 is 5.91 Å². The maximum atomic E-state index is 11.4. The first-order valence-electron chi connectivity index (χ1n) is 4.95. The zero-order chi connectivity index (χ0) is 13.0. The lowest BCUT2D eigenvalue weighted by molar-refractivity contribution is -0.126. The molecule has 0 aliphatic heterocycles. The molecule has 17 heavy (non-hydrogen) atoms. The van der Waals surface area contributed by atoms with Crippen LogP contribution in [0.3, 0.4) is 0 Å². The molecule has 1 aromatic carbocycles. The lowest BCUT2D eigenvalue weighted by Crippen LogP contribution is -2.29. The van der Waals surface area contributed by atoms with E-state index in [0.717, 1.165) is 0 Å². The number of halogens is 1. The van der Waals surface area contributed by atoms with Gasteiger partial charge >= 0.3 is 0 Å². The predicted octanol–water partition coefficient (Wildman–Crippen LogP) is 0.939. The Morgan fingerprint density at radius 1 is 1.41 bits per heavy atom. The maximum Gasteiger partial charge on any atom is 0.250 e. The van der Waals surface area contributed by atoms with Gasteiger partial charge in [0.2, 0.25) is 5.91 Å². The van der Waals surface area contributed by atoms with Crippen molar-refractivity contribution in [1.82, 2.24) is 4.90 Å².